The van der Waals surface area contributed by atoms with E-state index in [9.17, 15) is 14.7 Å². The van der Waals surface area contributed by atoms with Gasteiger partial charge in [-0.05, 0) is 70.0 Å². The highest BCUT2D eigenvalue weighted by Crippen LogP contribution is 2.44. The van der Waals surface area contributed by atoms with Crippen LogP contribution < -0.4 is 5.56 Å². The summed E-state index contributed by atoms with van der Waals surface area (Å²) in [7, 11) is 0. The van der Waals surface area contributed by atoms with Crippen molar-refractivity contribution in [1.82, 2.24) is 9.55 Å². The minimum Gasteiger partial charge on any atom is -0.458 e. The van der Waals surface area contributed by atoms with E-state index < -0.39 is 11.6 Å². The lowest BCUT2D eigenvalue weighted by Gasteiger charge is -2.31. The van der Waals surface area contributed by atoms with Crippen molar-refractivity contribution in [2.45, 2.75) is 32.1 Å². The van der Waals surface area contributed by atoms with Crippen molar-refractivity contribution in [1.29, 1.82) is 5.41 Å². The van der Waals surface area contributed by atoms with Gasteiger partial charge in [-0.15, -0.1) is 0 Å². The molecule has 8 heteroatoms. The summed E-state index contributed by atoms with van der Waals surface area (Å²) < 4.78 is 7.90. The van der Waals surface area contributed by atoms with Gasteiger partial charge in [-0.3, -0.25) is 4.79 Å². The summed E-state index contributed by atoms with van der Waals surface area (Å²) >= 11 is 2.31. The lowest BCUT2D eigenvalue weighted by Crippen LogP contribution is -2.44. The van der Waals surface area contributed by atoms with Crippen LogP contribution in [0.5, 0.6) is 0 Å². The number of halogens is 1. The lowest BCUT2D eigenvalue weighted by atomic mass is 9.86. The number of nitrogens with one attached hydrogen (secondary N) is 1. The Hall–Kier alpha value is -3.37. The fraction of sp³-hybridized carbons (Fsp3) is 0.185. The molecule has 0 saturated carbocycles. The maximum absolute atomic E-state index is 13.6. The molecule has 2 aliphatic heterocycles. The van der Waals surface area contributed by atoms with E-state index in [1.54, 1.807) is 17.6 Å². The van der Waals surface area contributed by atoms with E-state index in [-0.39, 0.29) is 18.6 Å². The SMILES string of the molecule is CC[C@@]1(O)C(=O)OCc2c1cc1n(c2=O)Cc2c-1nc1ccc(C=N)cc1c2-c1ccccc1I. The minimum atomic E-state index is -1.86. The van der Waals surface area contributed by atoms with Crippen LogP contribution in [0.15, 0.2) is 53.3 Å². The van der Waals surface area contributed by atoms with Crippen LogP contribution in [0.25, 0.3) is 33.4 Å². The second-order valence-electron chi connectivity index (χ2n) is 8.82. The molecule has 6 rings (SSSR count). The average Bonchev–Trinajstić information content (AvgIpc) is 3.24. The molecule has 4 aromatic rings. The fourth-order valence-corrected chi connectivity index (χ4v) is 5.82. The molecule has 0 fully saturated rings. The van der Waals surface area contributed by atoms with Gasteiger partial charge in [0.25, 0.3) is 5.56 Å². The smallest absolute Gasteiger partial charge is 0.343 e. The number of aromatic nitrogens is 2. The van der Waals surface area contributed by atoms with Gasteiger partial charge in [0.1, 0.15) is 6.61 Å². The van der Waals surface area contributed by atoms with Crippen LogP contribution in [-0.4, -0.2) is 26.8 Å². The van der Waals surface area contributed by atoms with Gasteiger partial charge in [0.2, 0.25) is 0 Å². The Balaban J connectivity index is 1.71. The molecule has 2 N–H and O–H groups in total. The maximum atomic E-state index is 13.6. The maximum Gasteiger partial charge on any atom is 0.343 e. The summed E-state index contributed by atoms with van der Waals surface area (Å²) in [6.45, 7) is 1.85. The third kappa shape index (κ3) is 3.06. The van der Waals surface area contributed by atoms with Gasteiger partial charge in [-0.1, -0.05) is 31.2 Å². The number of ether oxygens (including phenoxy) is 1. The molecule has 4 heterocycles. The van der Waals surface area contributed by atoms with E-state index in [0.717, 1.165) is 36.7 Å². The molecule has 0 radical (unpaired) electrons. The molecule has 2 aromatic heterocycles. The number of esters is 1. The Bertz CT molecular complexity index is 1660. The largest absolute Gasteiger partial charge is 0.458 e. The van der Waals surface area contributed by atoms with E-state index in [2.05, 4.69) is 22.6 Å². The van der Waals surface area contributed by atoms with Crippen LogP contribution in [0.4, 0.5) is 0 Å². The molecule has 35 heavy (non-hydrogen) atoms. The summed E-state index contributed by atoms with van der Waals surface area (Å²) in [5.74, 6) is -0.736. The molecule has 2 aliphatic rings. The second kappa shape index (κ2) is 7.82. The molecule has 2 aromatic carbocycles. The number of hydrogen-bond donors (Lipinski definition) is 2. The van der Waals surface area contributed by atoms with Gasteiger partial charge in [-0.25, -0.2) is 9.78 Å². The summed E-state index contributed by atoms with van der Waals surface area (Å²) in [5.41, 5.74) is 4.09. The summed E-state index contributed by atoms with van der Waals surface area (Å²) in [6.07, 6.45) is 1.40. The zero-order valence-electron chi connectivity index (χ0n) is 18.8. The van der Waals surface area contributed by atoms with E-state index in [1.807, 2.05) is 42.5 Å². The number of pyridine rings is 2. The molecule has 7 nitrogen and oxygen atoms in total. The molecule has 0 spiro atoms. The molecular formula is C27H20IN3O4. The van der Waals surface area contributed by atoms with Gasteiger partial charge < -0.3 is 19.8 Å². The Morgan fingerprint density at radius 2 is 2.00 bits per heavy atom. The number of hydrogen-bond acceptors (Lipinski definition) is 6. The van der Waals surface area contributed by atoms with Crippen molar-refractivity contribution in [2.75, 3.05) is 0 Å². The van der Waals surface area contributed by atoms with E-state index in [1.165, 1.54) is 6.21 Å². The lowest BCUT2D eigenvalue weighted by molar-refractivity contribution is -0.172. The van der Waals surface area contributed by atoms with Crippen molar-refractivity contribution >= 4 is 45.7 Å². The summed E-state index contributed by atoms with van der Waals surface area (Å²) in [5, 5.41) is 19.8. The van der Waals surface area contributed by atoms with Gasteiger partial charge in [0, 0.05) is 26.3 Å². The molecular weight excluding hydrogens is 557 g/mol. The number of cyclic esters (lactones) is 1. The molecule has 0 bridgehead atoms. The van der Waals surface area contributed by atoms with Gasteiger partial charge in [0.15, 0.2) is 5.60 Å². The summed E-state index contributed by atoms with van der Waals surface area (Å²) in [4.78, 5) is 31.0. The summed E-state index contributed by atoms with van der Waals surface area (Å²) in [6, 6.07) is 15.5. The van der Waals surface area contributed by atoms with Crippen LogP contribution in [-0.2, 0) is 28.3 Å². The van der Waals surface area contributed by atoms with Crippen LogP contribution in [0.3, 0.4) is 0 Å². The van der Waals surface area contributed by atoms with E-state index in [0.29, 0.717) is 29.1 Å². The van der Waals surface area contributed by atoms with Crippen molar-refractivity contribution in [3.63, 3.8) is 0 Å². The number of aliphatic hydroxyl groups is 1. The predicted octanol–water partition coefficient (Wildman–Crippen LogP) is 4.35. The van der Waals surface area contributed by atoms with Crippen LogP contribution >= 0.6 is 22.6 Å². The van der Waals surface area contributed by atoms with Crippen molar-refractivity contribution in [2.24, 2.45) is 0 Å². The zero-order chi connectivity index (χ0) is 24.5. The first-order valence-corrected chi connectivity index (χ1v) is 12.3. The van der Waals surface area contributed by atoms with E-state index >= 15 is 0 Å². The highest BCUT2D eigenvalue weighted by molar-refractivity contribution is 14.1. The third-order valence-electron chi connectivity index (χ3n) is 7.02. The fourth-order valence-electron chi connectivity index (χ4n) is 5.16. The van der Waals surface area contributed by atoms with Gasteiger partial charge in [0.05, 0.1) is 29.0 Å². The topological polar surface area (TPSA) is 105 Å². The molecule has 0 amide bonds. The van der Waals surface area contributed by atoms with Crippen molar-refractivity contribution < 1.29 is 14.6 Å². The highest BCUT2D eigenvalue weighted by Gasteiger charge is 2.45. The van der Waals surface area contributed by atoms with Crippen LogP contribution in [0.2, 0.25) is 0 Å². The Morgan fingerprint density at radius 3 is 2.74 bits per heavy atom. The molecule has 1 atom stereocenters. The molecule has 0 unspecified atom stereocenters. The normalized spacial score (nSPS) is 18.1. The first-order valence-electron chi connectivity index (χ1n) is 11.3. The Morgan fingerprint density at radius 1 is 1.20 bits per heavy atom. The first kappa shape index (κ1) is 22.1. The van der Waals surface area contributed by atoms with Crippen molar-refractivity contribution in [3.8, 4) is 22.5 Å². The standard InChI is InChI=1S/C27H20IN3O4/c1-2-27(34)19-10-22-24-17(12-31(22)25(32)18(19)13-35-26(27)33)23(15-5-3-4-6-20(15)28)16-9-14(11-29)7-8-21(16)30-24/h3-11,29,34H,2,12-13H2,1H3/t27-/m0/s1. The molecule has 0 saturated heterocycles. The first-order chi connectivity index (χ1) is 16.9. The number of rotatable bonds is 3. The van der Waals surface area contributed by atoms with Crippen LogP contribution in [0, 0.1) is 8.98 Å². The minimum absolute atomic E-state index is 0.0968. The van der Waals surface area contributed by atoms with E-state index in [4.69, 9.17) is 15.1 Å². The Kier molecular flexibility index (Phi) is 4.94. The number of carbonyl (C=O) groups is 1. The van der Waals surface area contributed by atoms with Crippen molar-refractivity contribution in [3.05, 3.63) is 84.7 Å². The highest BCUT2D eigenvalue weighted by atomic mass is 127. The zero-order valence-corrected chi connectivity index (χ0v) is 20.9. The quantitative estimate of drug-likeness (QED) is 0.189. The van der Waals surface area contributed by atoms with Gasteiger partial charge in [-0.2, -0.15) is 0 Å². The number of fused-ring (bicyclic) bond motifs is 5. The Labute approximate surface area is 214 Å². The number of carbonyl (C=O) groups excluding carboxylic acids is 1. The van der Waals surface area contributed by atoms with Gasteiger partial charge >= 0.3 is 5.97 Å². The average molecular weight is 577 g/mol. The number of nitrogens with zero attached hydrogens (tertiary/aromatic N) is 2. The predicted molar refractivity (Wildman–Crippen MR) is 141 cm³/mol. The monoisotopic (exact) mass is 577 g/mol. The second-order valence-corrected chi connectivity index (χ2v) is 9.98. The van der Waals surface area contributed by atoms with Crippen LogP contribution in [0.1, 0.15) is 35.6 Å². The molecule has 0 aliphatic carbocycles. The third-order valence-corrected chi connectivity index (χ3v) is 7.96. The molecule has 174 valence electrons. The number of benzene rings is 2.